The monoisotopic (exact) mass is 314 g/mol. The summed E-state index contributed by atoms with van der Waals surface area (Å²) in [5.41, 5.74) is 0.473. The molecular weight excluding hydrogens is 296 g/mol. The Morgan fingerprint density at radius 3 is 2.76 bits per heavy atom. The standard InChI is InChI=1S/C13H18N2O5S/c1-9(21(2)19)7-14-13(18)15-10-4-3-5-11(6-10)20-8-12(16)17/h3-6,9H,7-8H2,1-2H3,(H,16,17)(H2,14,15,18). The minimum atomic E-state index is -1.08. The fourth-order valence-corrected chi connectivity index (χ4v) is 1.66. The quantitative estimate of drug-likeness (QED) is 0.697. The third-order valence-electron chi connectivity index (χ3n) is 2.57. The molecule has 0 bridgehead atoms. The maximum atomic E-state index is 11.7. The van der Waals surface area contributed by atoms with Gasteiger partial charge in [0.25, 0.3) is 0 Å². The zero-order valence-electron chi connectivity index (χ0n) is 11.8. The Labute approximate surface area is 125 Å². The van der Waals surface area contributed by atoms with E-state index in [1.54, 1.807) is 31.4 Å². The molecule has 0 saturated carbocycles. The third-order valence-corrected chi connectivity index (χ3v) is 3.87. The lowest BCUT2D eigenvalue weighted by molar-refractivity contribution is -0.139. The number of carboxylic acids is 1. The molecule has 8 heteroatoms. The number of anilines is 1. The van der Waals surface area contributed by atoms with Gasteiger partial charge in [0, 0.05) is 40.6 Å². The Bertz CT molecular complexity index is 535. The molecule has 21 heavy (non-hydrogen) atoms. The number of carbonyl (C=O) groups excluding carboxylic acids is 1. The normalized spacial score (nSPS) is 13.0. The van der Waals surface area contributed by atoms with E-state index in [4.69, 9.17) is 9.84 Å². The molecule has 0 heterocycles. The van der Waals surface area contributed by atoms with Gasteiger partial charge in [-0.3, -0.25) is 4.21 Å². The fraction of sp³-hybridized carbons (Fsp3) is 0.385. The second-order valence-electron chi connectivity index (χ2n) is 4.35. The van der Waals surface area contributed by atoms with Crippen LogP contribution in [0.5, 0.6) is 5.75 Å². The highest BCUT2D eigenvalue weighted by Gasteiger charge is 2.09. The van der Waals surface area contributed by atoms with Crippen LogP contribution in [-0.4, -0.2) is 46.0 Å². The summed E-state index contributed by atoms with van der Waals surface area (Å²) in [7, 11) is -1.00. The number of urea groups is 1. The number of nitrogens with one attached hydrogen (secondary N) is 2. The Hall–Kier alpha value is -2.09. The molecule has 116 valence electrons. The van der Waals surface area contributed by atoms with Gasteiger partial charge < -0.3 is 20.5 Å². The molecule has 1 aromatic carbocycles. The largest absolute Gasteiger partial charge is 0.482 e. The number of hydrogen-bond acceptors (Lipinski definition) is 4. The van der Waals surface area contributed by atoms with Crippen LogP contribution in [0.1, 0.15) is 6.92 Å². The van der Waals surface area contributed by atoms with Crippen LogP contribution in [0.25, 0.3) is 0 Å². The van der Waals surface area contributed by atoms with Crippen molar-refractivity contribution in [3.63, 3.8) is 0 Å². The summed E-state index contributed by atoms with van der Waals surface area (Å²) >= 11 is 0. The first-order valence-corrected chi connectivity index (χ1v) is 7.82. The second-order valence-corrected chi connectivity index (χ2v) is 6.16. The first-order chi connectivity index (χ1) is 9.88. The molecule has 0 saturated heterocycles. The number of ether oxygens (including phenoxy) is 1. The zero-order chi connectivity index (χ0) is 15.8. The van der Waals surface area contributed by atoms with Crippen molar-refractivity contribution in [3.05, 3.63) is 24.3 Å². The van der Waals surface area contributed by atoms with E-state index in [2.05, 4.69) is 10.6 Å². The first kappa shape index (κ1) is 17.0. The van der Waals surface area contributed by atoms with E-state index in [-0.39, 0.29) is 5.25 Å². The highest BCUT2D eigenvalue weighted by Crippen LogP contribution is 2.17. The summed E-state index contributed by atoms with van der Waals surface area (Å²) in [4.78, 5) is 22.1. The summed E-state index contributed by atoms with van der Waals surface area (Å²) in [6.07, 6.45) is 1.58. The molecule has 0 aliphatic heterocycles. The zero-order valence-corrected chi connectivity index (χ0v) is 12.6. The molecule has 3 N–H and O–H groups in total. The Morgan fingerprint density at radius 2 is 2.14 bits per heavy atom. The van der Waals surface area contributed by atoms with Gasteiger partial charge in [-0.05, 0) is 19.1 Å². The molecule has 2 unspecified atom stereocenters. The minimum Gasteiger partial charge on any atom is -0.482 e. The molecule has 7 nitrogen and oxygen atoms in total. The smallest absolute Gasteiger partial charge is 0.341 e. The van der Waals surface area contributed by atoms with E-state index in [0.29, 0.717) is 18.0 Å². The molecule has 0 aliphatic carbocycles. The summed E-state index contributed by atoms with van der Waals surface area (Å²) in [5, 5.41) is 13.6. The predicted octanol–water partition coefficient (Wildman–Crippen LogP) is 1.04. The topological polar surface area (TPSA) is 105 Å². The molecule has 0 fully saturated rings. The van der Waals surface area contributed by atoms with Crippen LogP contribution in [0.4, 0.5) is 10.5 Å². The van der Waals surface area contributed by atoms with E-state index in [1.165, 1.54) is 6.07 Å². The van der Waals surface area contributed by atoms with Crippen LogP contribution >= 0.6 is 0 Å². The van der Waals surface area contributed by atoms with Crippen molar-refractivity contribution in [2.75, 3.05) is 24.7 Å². The summed E-state index contributed by atoms with van der Waals surface area (Å²) in [6.45, 7) is 1.62. The van der Waals surface area contributed by atoms with Crippen LogP contribution in [0.15, 0.2) is 24.3 Å². The molecule has 0 radical (unpaired) electrons. The number of carboxylic acid groups (broad SMARTS) is 1. The lowest BCUT2D eigenvalue weighted by atomic mass is 10.3. The maximum absolute atomic E-state index is 11.7. The highest BCUT2D eigenvalue weighted by atomic mass is 32.2. The van der Waals surface area contributed by atoms with Crippen molar-refractivity contribution in [1.29, 1.82) is 0 Å². The van der Waals surface area contributed by atoms with Gasteiger partial charge in [0.1, 0.15) is 5.75 Å². The van der Waals surface area contributed by atoms with Crippen molar-refractivity contribution in [3.8, 4) is 5.75 Å². The van der Waals surface area contributed by atoms with Gasteiger partial charge in [0.15, 0.2) is 6.61 Å². The molecular formula is C13H18N2O5S. The van der Waals surface area contributed by atoms with Gasteiger partial charge in [-0.1, -0.05) is 6.07 Å². The first-order valence-electron chi connectivity index (χ1n) is 6.20. The second kappa shape index (κ2) is 8.25. The highest BCUT2D eigenvalue weighted by molar-refractivity contribution is 7.84. The third kappa shape index (κ3) is 6.75. The molecule has 0 spiro atoms. The van der Waals surface area contributed by atoms with Gasteiger partial charge in [-0.25, -0.2) is 9.59 Å². The SMILES string of the molecule is CC(CNC(=O)Nc1cccc(OCC(=O)O)c1)S(C)=O. The van der Waals surface area contributed by atoms with Gasteiger partial charge in [-0.2, -0.15) is 0 Å². The van der Waals surface area contributed by atoms with Crippen LogP contribution in [0, 0.1) is 0 Å². The molecule has 0 aromatic heterocycles. The van der Waals surface area contributed by atoms with Crippen molar-refractivity contribution < 1.29 is 23.6 Å². The molecule has 1 aromatic rings. The molecule has 1 rings (SSSR count). The fourth-order valence-electron chi connectivity index (χ4n) is 1.34. The van der Waals surface area contributed by atoms with Crippen molar-refractivity contribution >= 4 is 28.5 Å². The van der Waals surface area contributed by atoms with Crippen LogP contribution in [0.3, 0.4) is 0 Å². The van der Waals surface area contributed by atoms with E-state index >= 15 is 0 Å². The number of hydrogen-bond donors (Lipinski definition) is 3. The average molecular weight is 314 g/mol. The van der Waals surface area contributed by atoms with E-state index in [0.717, 1.165) is 0 Å². The van der Waals surface area contributed by atoms with Crippen LogP contribution in [-0.2, 0) is 15.6 Å². The van der Waals surface area contributed by atoms with Gasteiger partial charge in [0.2, 0.25) is 0 Å². The Kier molecular flexibility index (Phi) is 6.67. The summed E-state index contributed by atoms with van der Waals surface area (Å²) in [6, 6.07) is 5.96. The number of amides is 2. The van der Waals surface area contributed by atoms with Crippen LogP contribution in [0.2, 0.25) is 0 Å². The van der Waals surface area contributed by atoms with Gasteiger partial charge >= 0.3 is 12.0 Å². The Balaban J connectivity index is 2.50. The number of rotatable bonds is 7. The van der Waals surface area contributed by atoms with Crippen LogP contribution < -0.4 is 15.4 Å². The van der Waals surface area contributed by atoms with Gasteiger partial charge in [-0.15, -0.1) is 0 Å². The van der Waals surface area contributed by atoms with E-state index in [1.807, 2.05) is 0 Å². The summed E-state index contributed by atoms with van der Waals surface area (Å²) in [5.74, 6) is -0.731. The summed E-state index contributed by atoms with van der Waals surface area (Å²) < 4.78 is 16.2. The number of aliphatic carboxylic acids is 1. The van der Waals surface area contributed by atoms with Crippen molar-refractivity contribution in [2.24, 2.45) is 0 Å². The minimum absolute atomic E-state index is 0.138. The van der Waals surface area contributed by atoms with Gasteiger partial charge in [0.05, 0.1) is 0 Å². The Morgan fingerprint density at radius 1 is 1.43 bits per heavy atom. The lowest BCUT2D eigenvalue weighted by Gasteiger charge is -2.11. The predicted molar refractivity (Wildman–Crippen MR) is 80.1 cm³/mol. The average Bonchev–Trinajstić information content (AvgIpc) is 2.42. The molecule has 2 atom stereocenters. The molecule has 0 aliphatic rings. The number of benzene rings is 1. The molecule has 2 amide bonds. The number of carbonyl (C=O) groups is 2. The maximum Gasteiger partial charge on any atom is 0.341 e. The van der Waals surface area contributed by atoms with E-state index in [9.17, 15) is 13.8 Å². The van der Waals surface area contributed by atoms with Crippen molar-refractivity contribution in [2.45, 2.75) is 12.2 Å². The lowest BCUT2D eigenvalue weighted by Crippen LogP contribution is -2.35. The van der Waals surface area contributed by atoms with Crippen molar-refractivity contribution in [1.82, 2.24) is 5.32 Å². The van der Waals surface area contributed by atoms with E-state index < -0.39 is 29.4 Å².